The first-order valence-electron chi connectivity index (χ1n) is 7.00. The summed E-state index contributed by atoms with van der Waals surface area (Å²) >= 11 is 7.11. The van der Waals surface area contributed by atoms with Crippen molar-refractivity contribution in [1.29, 1.82) is 0 Å². The molecule has 1 aliphatic heterocycles. The molecule has 3 nitrogen and oxygen atoms in total. The summed E-state index contributed by atoms with van der Waals surface area (Å²) in [5, 5.41) is 6.28. The molecule has 2 aliphatic rings. The van der Waals surface area contributed by atoms with Gasteiger partial charge in [0.25, 0.3) is 5.91 Å². The van der Waals surface area contributed by atoms with Crippen LogP contribution in [0.1, 0.15) is 41.8 Å². The second-order valence-electron chi connectivity index (χ2n) is 5.07. The minimum atomic E-state index is -0.00423. The first kappa shape index (κ1) is 14.8. The smallest absolute Gasteiger partial charge is 0.261 e. The van der Waals surface area contributed by atoms with E-state index < -0.39 is 0 Å². The van der Waals surface area contributed by atoms with Gasteiger partial charge in [0, 0.05) is 6.54 Å². The van der Waals surface area contributed by atoms with Gasteiger partial charge in [0.2, 0.25) is 0 Å². The molecular weight excluding hydrogens is 280 g/mol. The Balaban J connectivity index is 0.000000390. The first-order chi connectivity index (χ1) is 9.25. The Morgan fingerprint density at radius 1 is 1.32 bits per heavy atom. The molecule has 0 bridgehead atoms. The van der Waals surface area contributed by atoms with Crippen LogP contribution >= 0.6 is 22.9 Å². The Hall–Kier alpha value is -0.580. The van der Waals surface area contributed by atoms with Crippen molar-refractivity contribution in [2.24, 2.45) is 5.92 Å². The van der Waals surface area contributed by atoms with Crippen molar-refractivity contribution in [1.82, 2.24) is 10.6 Å². The molecule has 0 spiro atoms. The summed E-state index contributed by atoms with van der Waals surface area (Å²) in [6.07, 6.45) is 6.79. The number of nitrogens with one attached hydrogen (secondary N) is 2. The van der Waals surface area contributed by atoms with Gasteiger partial charge in [-0.3, -0.25) is 4.79 Å². The van der Waals surface area contributed by atoms with Crippen LogP contribution in [-0.2, 0) is 0 Å². The quantitative estimate of drug-likeness (QED) is 0.899. The second kappa shape index (κ2) is 7.88. The SMILES string of the molecule is C1CC1.O=C(NCC1CCNCC1)c1ccc(Cl)s1. The number of hydrogen-bond acceptors (Lipinski definition) is 3. The number of thiophene rings is 1. The number of carbonyl (C=O) groups is 1. The van der Waals surface area contributed by atoms with Gasteiger partial charge in [0.05, 0.1) is 9.21 Å². The van der Waals surface area contributed by atoms with Crippen molar-refractivity contribution in [2.75, 3.05) is 19.6 Å². The molecule has 106 valence electrons. The maximum atomic E-state index is 11.7. The third kappa shape index (κ3) is 5.93. The largest absolute Gasteiger partial charge is 0.351 e. The molecule has 0 radical (unpaired) electrons. The van der Waals surface area contributed by atoms with Gasteiger partial charge in [-0.25, -0.2) is 0 Å². The molecule has 2 N–H and O–H groups in total. The van der Waals surface area contributed by atoms with E-state index in [2.05, 4.69) is 10.6 Å². The van der Waals surface area contributed by atoms with Crippen molar-refractivity contribution in [2.45, 2.75) is 32.1 Å². The minimum Gasteiger partial charge on any atom is -0.351 e. The van der Waals surface area contributed by atoms with Crippen LogP contribution in [0.2, 0.25) is 4.34 Å². The molecular formula is C14H21ClN2OS. The highest BCUT2D eigenvalue weighted by Gasteiger charge is 2.15. The molecule has 2 heterocycles. The molecule has 1 aromatic heterocycles. The third-order valence-corrected chi connectivity index (χ3v) is 4.39. The van der Waals surface area contributed by atoms with Gasteiger partial charge in [-0.2, -0.15) is 0 Å². The van der Waals surface area contributed by atoms with Crippen molar-refractivity contribution in [3.63, 3.8) is 0 Å². The summed E-state index contributed by atoms with van der Waals surface area (Å²) in [6.45, 7) is 2.90. The lowest BCUT2D eigenvalue weighted by molar-refractivity contribution is 0.0948. The fraction of sp³-hybridized carbons (Fsp3) is 0.643. The maximum absolute atomic E-state index is 11.7. The van der Waals surface area contributed by atoms with Crippen LogP contribution in [0, 0.1) is 5.92 Å². The summed E-state index contributed by atoms with van der Waals surface area (Å²) < 4.78 is 0.659. The molecule has 1 saturated heterocycles. The van der Waals surface area contributed by atoms with Crippen LogP contribution in [0.5, 0.6) is 0 Å². The molecule has 2 fully saturated rings. The molecule has 5 heteroatoms. The Morgan fingerprint density at radius 2 is 2.00 bits per heavy atom. The van der Waals surface area contributed by atoms with Gasteiger partial charge in [0.15, 0.2) is 0 Å². The molecule has 19 heavy (non-hydrogen) atoms. The normalized spacial score (nSPS) is 18.4. The number of amides is 1. The Morgan fingerprint density at radius 3 is 2.53 bits per heavy atom. The Kier molecular flexibility index (Phi) is 6.14. The highest BCUT2D eigenvalue weighted by Crippen LogP contribution is 2.21. The molecule has 1 amide bonds. The zero-order valence-corrected chi connectivity index (χ0v) is 12.7. The van der Waals surface area contributed by atoms with Crippen LogP contribution in [0.3, 0.4) is 0 Å². The fourth-order valence-electron chi connectivity index (χ4n) is 1.85. The molecule has 0 atom stereocenters. The number of piperidine rings is 1. The Labute approximate surface area is 123 Å². The van der Waals surface area contributed by atoms with Crippen LogP contribution in [0.4, 0.5) is 0 Å². The van der Waals surface area contributed by atoms with Crippen LogP contribution < -0.4 is 10.6 Å². The lowest BCUT2D eigenvalue weighted by Crippen LogP contribution is -2.35. The fourth-order valence-corrected chi connectivity index (χ4v) is 2.81. The lowest BCUT2D eigenvalue weighted by atomic mass is 9.98. The van der Waals surface area contributed by atoms with Gasteiger partial charge in [-0.05, 0) is 44.0 Å². The van der Waals surface area contributed by atoms with E-state index in [1.165, 1.54) is 30.6 Å². The van der Waals surface area contributed by atoms with Gasteiger partial charge in [-0.15, -0.1) is 11.3 Å². The molecule has 3 rings (SSSR count). The topological polar surface area (TPSA) is 41.1 Å². The van der Waals surface area contributed by atoms with Crippen molar-refractivity contribution >= 4 is 28.8 Å². The van der Waals surface area contributed by atoms with E-state index in [0.29, 0.717) is 15.1 Å². The molecule has 1 aliphatic carbocycles. The summed E-state index contributed by atoms with van der Waals surface area (Å²) in [4.78, 5) is 12.4. The number of rotatable bonds is 3. The minimum absolute atomic E-state index is 0.00423. The average Bonchev–Trinajstić information content (AvgIpc) is 3.26. The lowest BCUT2D eigenvalue weighted by Gasteiger charge is -2.22. The highest BCUT2D eigenvalue weighted by molar-refractivity contribution is 7.17. The van der Waals surface area contributed by atoms with Gasteiger partial charge in [-0.1, -0.05) is 30.9 Å². The number of carbonyl (C=O) groups excluding carboxylic acids is 1. The molecule has 1 aromatic rings. The summed E-state index contributed by atoms with van der Waals surface area (Å²) in [7, 11) is 0. The van der Waals surface area contributed by atoms with E-state index in [1.54, 1.807) is 12.1 Å². The van der Waals surface area contributed by atoms with Crippen LogP contribution in [-0.4, -0.2) is 25.5 Å². The predicted octanol–water partition coefficient (Wildman–Crippen LogP) is 3.30. The average molecular weight is 301 g/mol. The zero-order chi connectivity index (χ0) is 13.5. The highest BCUT2D eigenvalue weighted by atomic mass is 35.5. The van der Waals surface area contributed by atoms with Crippen LogP contribution in [0.25, 0.3) is 0 Å². The van der Waals surface area contributed by atoms with Crippen molar-refractivity contribution < 1.29 is 4.79 Å². The Bertz CT molecular complexity index is 397. The predicted molar refractivity (Wildman–Crippen MR) is 81.1 cm³/mol. The number of halogens is 1. The molecule has 0 aromatic carbocycles. The van der Waals surface area contributed by atoms with Crippen LogP contribution in [0.15, 0.2) is 12.1 Å². The van der Waals surface area contributed by atoms with E-state index in [0.717, 1.165) is 32.5 Å². The van der Waals surface area contributed by atoms with Gasteiger partial charge < -0.3 is 10.6 Å². The first-order valence-corrected chi connectivity index (χ1v) is 8.19. The summed E-state index contributed by atoms with van der Waals surface area (Å²) in [5.74, 6) is 0.607. The molecule has 0 unspecified atom stereocenters. The van der Waals surface area contributed by atoms with Gasteiger partial charge in [0.1, 0.15) is 0 Å². The van der Waals surface area contributed by atoms with E-state index in [4.69, 9.17) is 11.6 Å². The third-order valence-electron chi connectivity index (χ3n) is 3.16. The van der Waals surface area contributed by atoms with Crippen molar-refractivity contribution in [3.8, 4) is 0 Å². The van der Waals surface area contributed by atoms with E-state index in [1.807, 2.05) is 0 Å². The summed E-state index contributed by atoms with van der Waals surface area (Å²) in [6, 6.07) is 3.52. The maximum Gasteiger partial charge on any atom is 0.261 e. The monoisotopic (exact) mass is 300 g/mol. The van der Waals surface area contributed by atoms with E-state index in [9.17, 15) is 4.79 Å². The molecule has 1 saturated carbocycles. The number of hydrogen-bond donors (Lipinski definition) is 2. The summed E-state index contributed by atoms with van der Waals surface area (Å²) in [5.41, 5.74) is 0. The zero-order valence-electron chi connectivity index (χ0n) is 11.1. The second-order valence-corrected chi connectivity index (χ2v) is 6.78. The van der Waals surface area contributed by atoms with E-state index in [-0.39, 0.29) is 5.91 Å². The van der Waals surface area contributed by atoms with Crippen molar-refractivity contribution in [3.05, 3.63) is 21.3 Å². The van der Waals surface area contributed by atoms with E-state index >= 15 is 0 Å². The standard InChI is InChI=1S/C11H15ClN2OS.C3H6/c12-10-2-1-9(16-10)11(15)14-7-8-3-5-13-6-4-8;1-2-3-1/h1-2,8,13H,3-7H2,(H,14,15);1-3H2. The van der Waals surface area contributed by atoms with Gasteiger partial charge >= 0.3 is 0 Å².